The molecule has 0 aliphatic heterocycles. The number of nitrogens with zero attached hydrogens (tertiary/aromatic N) is 3. The van der Waals surface area contributed by atoms with Crippen molar-refractivity contribution in [3.8, 4) is 11.4 Å². The van der Waals surface area contributed by atoms with Crippen LogP contribution in [0.4, 0.5) is 0 Å². The second kappa shape index (κ2) is 5.97. The fourth-order valence-corrected chi connectivity index (χ4v) is 3.22. The molecule has 0 unspecified atom stereocenters. The summed E-state index contributed by atoms with van der Waals surface area (Å²) in [4.78, 5) is 13.0. The van der Waals surface area contributed by atoms with Crippen LogP contribution in [-0.2, 0) is 6.54 Å². The Hall–Kier alpha value is -3.18. The second-order valence-corrected chi connectivity index (χ2v) is 6.47. The van der Waals surface area contributed by atoms with Gasteiger partial charge in [-0.25, -0.2) is 9.55 Å². The van der Waals surface area contributed by atoms with E-state index in [1.807, 2.05) is 60.7 Å². The highest BCUT2D eigenvalue weighted by atomic mass is 35.5. The summed E-state index contributed by atoms with van der Waals surface area (Å²) in [7, 11) is 0. The Morgan fingerprint density at radius 3 is 2.42 bits per heavy atom. The summed E-state index contributed by atoms with van der Waals surface area (Å²) in [6.45, 7) is 0.554. The lowest BCUT2D eigenvalue weighted by molar-refractivity contribution is -0.654. The van der Waals surface area contributed by atoms with Crippen molar-refractivity contribution in [2.24, 2.45) is 0 Å². The number of hydrogen-bond donors (Lipinski definition) is 1. The van der Waals surface area contributed by atoms with E-state index in [1.54, 1.807) is 6.26 Å². The third-order valence-corrected chi connectivity index (χ3v) is 4.58. The minimum Gasteiger partial charge on any atom is -0.466 e. The van der Waals surface area contributed by atoms with E-state index in [-0.39, 0.29) is 0 Å². The van der Waals surface area contributed by atoms with Crippen molar-refractivity contribution in [2.75, 3.05) is 0 Å². The smallest absolute Gasteiger partial charge is 0.323 e. The molecule has 5 aromatic rings. The molecule has 3 heterocycles. The number of aromatic nitrogens is 4. The SMILES string of the molecule is Clc1ccc(-c2[nH]c3nc4ccccc4nc3[n+]2Cc2ccco2)cc1. The van der Waals surface area contributed by atoms with Crippen LogP contribution >= 0.6 is 11.6 Å². The van der Waals surface area contributed by atoms with E-state index in [0.717, 1.165) is 39.5 Å². The zero-order valence-corrected chi connectivity index (χ0v) is 14.4. The van der Waals surface area contributed by atoms with Crippen molar-refractivity contribution in [3.63, 3.8) is 0 Å². The summed E-state index contributed by atoms with van der Waals surface area (Å²) in [5.74, 6) is 1.75. The molecule has 0 amide bonds. The number of nitrogens with one attached hydrogen (secondary N) is 1. The van der Waals surface area contributed by atoms with Gasteiger partial charge in [0.1, 0.15) is 17.8 Å². The lowest BCUT2D eigenvalue weighted by atomic mass is 10.2. The molecule has 26 heavy (non-hydrogen) atoms. The van der Waals surface area contributed by atoms with Crippen LogP contribution in [0.25, 0.3) is 33.7 Å². The van der Waals surface area contributed by atoms with Gasteiger partial charge in [-0.05, 0) is 48.5 Å². The molecular formula is C20H14ClN4O+. The Balaban J connectivity index is 1.78. The average molecular weight is 362 g/mol. The molecule has 0 aliphatic carbocycles. The summed E-state index contributed by atoms with van der Waals surface area (Å²) < 4.78 is 7.63. The summed E-state index contributed by atoms with van der Waals surface area (Å²) in [6, 6.07) is 19.4. The molecule has 0 saturated heterocycles. The van der Waals surface area contributed by atoms with Crippen LogP contribution in [0.1, 0.15) is 5.76 Å². The van der Waals surface area contributed by atoms with Crippen LogP contribution in [0.2, 0.25) is 5.02 Å². The van der Waals surface area contributed by atoms with Crippen molar-refractivity contribution < 1.29 is 8.98 Å². The number of rotatable bonds is 3. The third kappa shape index (κ3) is 2.53. The first kappa shape index (κ1) is 15.1. The Bertz CT molecular complexity index is 1210. The van der Waals surface area contributed by atoms with E-state index in [0.29, 0.717) is 11.6 Å². The van der Waals surface area contributed by atoms with Crippen LogP contribution in [-0.4, -0.2) is 15.0 Å². The third-order valence-electron chi connectivity index (χ3n) is 4.33. The van der Waals surface area contributed by atoms with Crippen molar-refractivity contribution in [2.45, 2.75) is 6.54 Å². The van der Waals surface area contributed by atoms with E-state index in [2.05, 4.69) is 9.55 Å². The summed E-state index contributed by atoms with van der Waals surface area (Å²) >= 11 is 6.05. The van der Waals surface area contributed by atoms with Crippen LogP contribution in [0, 0.1) is 0 Å². The number of aromatic amines is 1. The molecule has 0 saturated carbocycles. The van der Waals surface area contributed by atoms with Crippen molar-refractivity contribution in [3.05, 3.63) is 77.7 Å². The largest absolute Gasteiger partial charge is 0.466 e. The van der Waals surface area contributed by atoms with Crippen LogP contribution in [0.5, 0.6) is 0 Å². The fraction of sp³-hybridized carbons (Fsp3) is 0.0500. The molecule has 1 N–H and O–H groups in total. The van der Waals surface area contributed by atoms with Crippen molar-refractivity contribution in [1.82, 2.24) is 15.0 Å². The first-order valence-corrected chi connectivity index (χ1v) is 8.62. The van der Waals surface area contributed by atoms with Gasteiger partial charge in [0.05, 0.1) is 6.26 Å². The van der Waals surface area contributed by atoms with Crippen molar-refractivity contribution in [1.29, 1.82) is 0 Å². The molecule has 2 aromatic carbocycles. The maximum atomic E-state index is 6.05. The van der Waals surface area contributed by atoms with Gasteiger partial charge in [0.15, 0.2) is 5.52 Å². The molecule has 0 bridgehead atoms. The minimum absolute atomic E-state index is 0.554. The molecule has 5 rings (SSSR count). The first-order chi connectivity index (χ1) is 12.8. The van der Waals surface area contributed by atoms with E-state index >= 15 is 0 Å². The summed E-state index contributed by atoms with van der Waals surface area (Å²) in [5, 5.41) is 0.699. The number of fused-ring (bicyclic) bond motifs is 2. The van der Waals surface area contributed by atoms with Crippen LogP contribution in [0.3, 0.4) is 0 Å². The molecule has 0 aliphatic rings. The molecule has 6 heteroatoms. The lowest BCUT2D eigenvalue weighted by Crippen LogP contribution is -2.36. The Kier molecular flexibility index (Phi) is 3.47. The number of H-pyrrole nitrogens is 1. The van der Waals surface area contributed by atoms with Crippen molar-refractivity contribution >= 4 is 33.9 Å². The molecule has 0 radical (unpaired) electrons. The summed E-state index contributed by atoms with van der Waals surface area (Å²) in [5.41, 5.74) is 4.24. The first-order valence-electron chi connectivity index (χ1n) is 8.24. The lowest BCUT2D eigenvalue weighted by Gasteiger charge is -2.02. The van der Waals surface area contributed by atoms with Gasteiger partial charge in [0, 0.05) is 10.6 Å². The number of para-hydroxylation sites is 2. The topological polar surface area (TPSA) is 58.6 Å². The van der Waals surface area contributed by atoms with Crippen LogP contribution < -0.4 is 4.57 Å². The number of benzene rings is 2. The van der Waals surface area contributed by atoms with Gasteiger partial charge in [0.2, 0.25) is 5.82 Å². The van der Waals surface area contributed by atoms with Gasteiger partial charge in [0.25, 0.3) is 5.65 Å². The maximum Gasteiger partial charge on any atom is 0.323 e. The van der Waals surface area contributed by atoms with Crippen LogP contribution in [0.15, 0.2) is 71.3 Å². The number of hydrogen-bond acceptors (Lipinski definition) is 3. The second-order valence-electron chi connectivity index (χ2n) is 6.03. The monoisotopic (exact) mass is 361 g/mol. The normalized spacial score (nSPS) is 11.4. The van der Waals surface area contributed by atoms with Gasteiger partial charge >= 0.3 is 5.65 Å². The maximum absolute atomic E-state index is 6.05. The predicted molar refractivity (Wildman–Crippen MR) is 99.8 cm³/mol. The zero-order chi connectivity index (χ0) is 17.5. The number of imidazole rings is 1. The Labute approximate surface area is 153 Å². The highest BCUT2D eigenvalue weighted by Crippen LogP contribution is 2.21. The minimum atomic E-state index is 0.554. The van der Waals surface area contributed by atoms with E-state index in [9.17, 15) is 0 Å². The average Bonchev–Trinajstić information content (AvgIpc) is 3.29. The van der Waals surface area contributed by atoms with E-state index in [4.69, 9.17) is 26.0 Å². The molecule has 3 aromatic heterocycles. The van der Waals surface area contributed by atoms with Gasteiger partial charge in [-0.3, -0.25) is 4.98 Å². The van der Waals surface area contributed by atoms with E-state index < -0.39 is 0 Å². The van der Waals surface area contributed by atoms with Gasteiger partial charge in [-0.15, -0.1) is 0 Å². The summed E-state index contributed by atoms with van der Waals surface area (Å²) in [6.07, 6.45) is 1.67. The molecule has 126 valence electrons. The molecule has 5 nitrogen and oxygen atoms in total. The predicted octanol–water partition coefficient (Wildman–Crippen LogP) is 4.36. The molecule has 0 atom stereocenters. The number of halogens is 1. The highest BCUT2D eigenvalue weighted by Gasteiger charge is 2.23. The molecular weight excluding hydrogens is 348 g/mol. The Morgan fingerprint density at radius 2 is 1.69 bits per heavy atom. The highest BCUT2D eigenvalue weighted by molar-refractivity contribution is 6.30. The quantitative estimate of drug-likeness (QED) is 0.486. The van der Waals surface area contributed by atoms with Gasteiger partial charge < -0.3 is 4.42 Å². The zero-order valence-electron chi connectivity index (χ0n) is 13.7. The Morgan fingerprint density at radius 1 is 0.923 bits per heavy atom. The van der Waals surface area contributed by atoms with Gasteiger partial charge in [-0.1, -0.05) is 28.7 Å². The van der Waals surface area contributed by atoms with Gasteiger partial charge in [-0.2, -0.15) is 0 Å². The standard InChI is InChI=1S/C20H13ClN4O/c21-14-9-7-13(8-10-14)19-24-18-20(25(19)12-15-4-3-11-26-15)23-17-6-2-1-5-16(17)22-18/h1-11H,12H2/p+1. The number of furan rings is 1. The molecule has 0 spiro atoms. The van der Waals surface area contributed by atoms with E-state index in [1.165, 1.54) is 0 Å². The molecule has 0 fully saturated rings. The fourth-order valence-electron chi connectivity index (χ4n) is 3.10.